The zero-order valence-electron chi connectivity index (χ0n) is 7.96. The second-order valence-corrected chi connectivity index (χ2v) is 4.37. The van der Waals surface area contributed by atoms with E-state index in [1.165, 1.54) is 0 Å². The molecule has 5 heteroatoms. The van der Waals surface area contributed by atoms with Crippen LogP contribution in [-0.4, -0.2) is 17.6 Å². The van der Waals surface area contributed by atoms with Gasteiger partial charge in [-0.15, -0.1) is 0 Å². The summed E-state index contributed by atoms with van der Waals surface area (Å²) in [4.78, 5) is 10.3. The SMILES string of the molecule is O=C(O)CCCNc1cc(Br)ccc1Cl. The van der Waals surface area contributed by atoms with Crippen LogP contribution in [-0.2, 0) is 4.79 Å². The molecule has 0 aliphatic rings. The summed E-state index contributed by atoms with van der Waals surface area (Å²) in [6.07, 6.45) is 0.747. The van der Waals surface area contributed by atoms with E-state index in [0.717, 1.165) is 10.2 Å². The minimum absolute atomic E-state index is 0.165. The molecule has 0 spiro atoms. The lowest BCUT2D eigenvalue weighted by molar-refractivity contribution is -0.137. The first-order valence-corrected chi connectivity index (χ1v) is 5.67. The fourth-order valence-corrected chi connectivity index (χ4v) is 1.64. The van der Waals surface area contributed by atoms with Gasteiger partial charge in [-0.05, 0) is 24.6 Å². The predicted octanol–water partition coefficient (Wildman–Crippen LogP) is 3.38. The van der Waals surface area contributed by atoms with Gasteiger partial charge in [0, 0.05) is 17.4 Å². The lowest BCUT2D eigenvalue weighted by Gasteiger charge is -2.07. The zero-order chi connectivity index (χ0) is 11.3. The van der Waals surface area contributed by atoms with Crippen molar-refractivity contribution in [3.63, 3.8) is 0 Å². The van der Waals surface area contributed by atoms with Gasteiger partial charge >= 0.3 is 5.97 Å². The van der Waals surface area contributed by atoms with Crippen molar-refractivity contribution in [2.75, 3.05) is 11.9 Å². The Morgan fingerprint density at radius 1 is 1.53 bits per heavy atom. The van der Waals surface area contributed by atoms with Gasteiger partial charge < -0.3 is 10.4 Å². The number of hydrogen-bond acceptors (Lipinski definition) is 2. The van der Waals surface area contributed by atoms with Gasteiger partial charge in [0.2, 0.25) is 0 Å². The number of nitrogens with one attached hydrogen (secondary N) is 1. The van der Waals surface area contributed by atoms with Crippen LogP contribution in [0.15, 0.2) is 22.7 Å². The Balaban J connectivity index is 2.43. The zero-order valence-corrected chi connectivity index (χ0v) is 10.3. The topological polar surface area (TPSA) is 49.3 Å². The Bertz CT molecular complexity index is 357. The molecule has 1 aromatic carbocycles. The van der Waals surface area contributed by atoms with Crippen molar-refractivity contribution in [3.05, 3.63) is 27.7 Å². The number of aliphatic carboxylic acids is 1. The van der Waals surface area contributed by atoms with E-state index in [4.69, 9.17) is 16.7 Å². The van der Waals surface area contributed by atoms with Gasteiger partial charge in [0.25, 0.3) is 0 Å². The van der Waals surface area contributed by atoms with Crippen LogP contribution < -0.4 is 5.32 Å². The predicted molar refractivity (Wildman–Crippen MR) is 64.5 cm³/mol. The van der Waals surface area contributed by atoms with Crippen LogP contribution in [0.5, 0.6) is 0 Å². The third kappa shape index (κ3) is 4.53. The number of rotatable bonds is 5. The molecule has 82 valence electrons. The maximum Gasteiger partial charge on any atom is 0.303 e. The molecular formula is C10H11BrClNO2. The number of carboxylic acids is 1. The molecule has 15 heavy (non-hydrogen) atoms. The average Bonchev–Trinajstić information content (AvgIpc) is 2.17. The van der Waals surface area contributed by atoms with Gasteiger partial charge in [-0.2, -0.15) is 0 Å². The molecule has 0 heterocycles. The maximum atomic E-state index is 10.3. The summed E-state index contributed by atoms with van der Waals surface area (Å²) in [5.41, 5.74) is 0.816. The molecule has 2 N–H and O–H groups in total. The number of anilines is 1. The highest BCUT2D eigenvalue weighted by Gasteiger charge is 2.01. The van der Waals surface area contributed by atoms with E-state index in [9.17, 15) is 4.79 Å². The Morgan fingerprint density at radius 2 is 2.27 bits per heavy atom. The largest absolute Gasteiger partial charge is 0.481 e. The van der Waals surface area contributed by atoms with E-state index in [1.54, 1.807) is 6.07 Å². The van der Waals surface area contributed by atoms with Crippen LogP contribution in [0.4, 0.5) is 5.69 Å². The normalized spacial score (nSPS) is 10.0. The number of carboxylic acid groups (broad SMARTS) is 1. The van der Waals surface area contributed by atoms with E-state index in [-0.39, 0.29) is 6.42 Å². The second-order valence-electron chi connectivity index (χ2n) is 3.05. The molecule has 0 atom stereocenters. The Hall–Kier alpha value is -0.740. The summed E-state index contributed by atoms with van der Waals surface area (Å²) in [6, 6.07) is 5.50. The summed E-state index contributed by atoms with van der Waals surface area (Å²) in [6.45, 7) is 0.600. The van der Waals surface area contributed by atoms with Gasteiger partial charge in [-0.25, -0.2) is 0 Å². The second kappa shape index (κ2) is 5.98. The standard InChI is InChI=1S/C10H11BrClNO2/c11-7-3-4-8(12)9(6-7)13-5-1-2-10(14)15/h3-4,6,13H,1-2,5H2,(H,14,15). The lowest BCUT2D eigenvalue weighted by atomic mass is 10.3. The first-order chi connectivity index (χ1) is 7.09. The number of benzene rings is 1. The maximum absolute atomic E-state index is 10.3. The van der Waals surface area contributed by atoms with E-state index in [2.05, 4.69) is 21.2 Å². The molecule has 0 aliphatic carbocycles. The molecule has 0 fully saturated rings. The number of carbonyl (C=O) groups is 1. The first-order valence-electron chi connectivity index (χ1n) is 4.50. The molecule has 0 bridgehead atoms. The number of halogens is 2. The fraction of sp³-hybridized carbons (Fsp3) is 0.300. The summed E-state index contributed by atoms with van der Waals surface area (Å²) in [5.74, 6) is -0.780. The summed E-state index contributed by atoms with van der Waals surface area (Å²) < 4.78 is 0.938. The van der Waals surface area contributed by atoms with E-state index >= 15 is 0 Å². The van der Waals surface area contributed by atoms with Gasteiger partial charge in [-0.3, -0.25) is 4.79 Å². The van der Waals surface area contributed by atoms with Gasteiger partial charge in [-0.1, -0.05) is 27.5 Å². The first kappa shape index (κ1) is 12.3. The molecule has 0 radical (unpaired) electrons. The quantitative estimate of drug-likeness (QED) is 0.818. The Labute approximate surface area is 102 Å². The minimum atomic E-state index is -0.780. The smallest absolute Gasteiger partial charge is 0.303 e. The molecule has 1 rings (SSSR count). The molecule has 0 aromatic heterocycles. The van der Waals surface area contributed by atoms with Crippen LogP contribution >= 0.6 is 27.5 Å². The van der Waals surface area contributed by atoms with Gasteiger partial charge in [0.05, 0.1) is 10.7 Å². The fourth-order valence-electron chi connectivity index (χ4n) is 1.10. The molecule has 0 amide bonds. The molecular weight excluding hydrogens is 281 g/mol. The summed E-state index contributed by atoms with van der Waals surface area (Å²) >= 11 is 9.27. The average molecular weight is 293 g/mol. The van der Waals surface area contributed by atoms with Crippen LogP contribution in [0.25, 0.3) is 0 Å². The van der Waals surface area contributed by atoms with Crippen molar-refractivity contribution in [2.24, 2.45) is 0 Å². The molecule has 0 saturated carbocycles. The van der Waals surface area contributed by atoms with Gasteiger partial charge in [0.1, 0.15) is 0 Å². The highest BCUT2D eigenvalue weighted by molar-refractivity contribution is 9.10. The molecule has 0 saturated heterocycles. The lowest BCUT2D eigenvalue weighted by Crippen LogP contribution is -2.05. The Kier molecular flexibility index (Phi) is 4.91. The van der Waals surface area contributed by atoms with Crippen LogP contribution in [0.2, 0.25) is 5.02 Å². The molecule has 0 unspecified atom stereocenters. The minimum Gasteiger partial charge on any atom is -0.481 e. The molecule has 1 aromatic rings. The van der Waals surface area contributed by atoms with Crippen molar-refractivity contribution in [3.8, 4) is 0 Å². The van der Waals surface area contributed by atoms with Crippen LogP contribution in [0, 0.1) is 0 Å². The van der Waals surface area contributed by atoms with Crippen molar-refractivity contribution >= 4 is 39.2 Å². The van der Waals surface area contributed by atoms with E-state index in [0.29, 0.717) is 18.0 Å². The molecule has 0 aliphatic heterocycles. The highest BCUT2D eigenvalue weighted by atomic mass is 79.9. The number of hydrogen-bond donors (Lipinski definition) is 2. The molecule has 3 nitrogen and oxygen atoms in total. The highest BCUT2D eigenvalue weighted by Crippen LogP contribution is 2.25. The van der Waals surface area contributed by atoms with Crippen molar-refractivity contribution in [2.45, 2.75) is 12.8 Å². The van der Waals surface area contributed by atoms with E-state index in [1.807, 2.05) is 12.1 Å². The summed E-state index contributed by atoms with van der Waals surface area (Å²) in [7, 11) is 0. The monoisotopic (exact) mass is 291 g/mol. The Morgan fingerprint density at radius 3 is 2.93 bits per heavy atom. The van der Waals surface area contributed by atoms with Crippen molar-refractivity contribution < 1.29 is 9.90 Å². The summed E-state index contributed by atoms with van der Waals surface area (Å²) in [5, 5.41) is 12.2. The van der Waals surface area contributed by atoms with Crippen molar-refractivity contribution in [1.29, 1.82) is 0 Å². The van der Waals surface area contributed by atoms with Gasteiger partial charge in [0.15, 0.2) is 0 Å². The van der Waals surface area contributed by atoms with Crippen LogP contribution in [0.3, 0.4) is 0 Å². The van der Waals surface area contributed by atoms with Crippen molar-refractivity contribution in [1.82, 2.24) is 0 Å². The van der Waals surface area contributed by atoms with Crippen LogP contribution in [0.1, 0.15) is 12.8 Å². The third-order valence-electron chi connectivity index (χ3n) is 1.81. The third-order valence-corrected chi connectivity index (χ3v) is 2.63. The van der Waals surface area contributed by atoms with E-state index < -0.39 is 5.97 Å².